The fraction of sp³-hybridized carbons (Fsp3) is 0.250. The highest BCUT2D eigenvalue weighted by atomic mass is 19.1. The van der Waals surface area contributed by atoms with Crippen molar-refractivity contribution in [1.82, 2.24) is 0 Å². The Balaban J connectivity index is 1.71. The summed E-state index contributed by atoms with van der Waals surface area (Å²) < 4.78 is 19.1. The van der Waals surface area contributed by atoms with E-state index in [-0.39, 0.29) is 11.7 Å². The van der Waals surface area contributed by atoms with E-state index in [4.69, 9.17) is 4.74 Å². The lowest BCUT2D eigenvalue weighted by molar-refractivity contribution is -0.112. The number of ether oxygens (including phenoxy) is 1. The minimum atomic E-state index is -0.344. The third kappa shape index (κ3) is 4.45. The average molecular weight is 340 g/mol. The number of morpholine rings is 1. The first-order valence-corrected chi connectivity index (χ1v) is 8.30. The van der Waals surface area contributed by atoms with Gasteiger partial charge in [0.15, 0.2) is 0 Å². The zero-order chi connectivity index (χ0) is 17.6. The van der Waals surface area contributed by atoms with Crippen LogP contribution in [-0.4, -0.2) is 32.2 Å². The quantitative estimate of drug-likeness (QED) is 0.863. The van der Waals surface area contributed by atoms with Crippen molar-refractivity contribution in [3.05, 3.63) is 65.5 Å². The molecule has 4 nitrogen and oxygen atoms in total. The number of carbonyl (C=O) groups is 1. The second kappa shape index (κ2) is 7.94. The minimum Gasteiger partial charge on any atom is -0.378 e. The molecule has 0 spiro atoms. The Labute approximate surface area is 146 Å². The van der Waals surface area contributed by atoms with Crippen LogP contribution in [0.15, 0.2) is 54.1 Å². The molecule has 0 bridgehead atoms. The van der Waals surface area contributed by atoms with Gasteiger partial charge in [-0.15, -0.1) is 0 Å². The molecule has 1 N–H and O–H groups in total. The Morgan fingerprint density at radius 3 is 2.68 bits per heavy atom. The van der Waals surface area contributed by atoms with Crippen molar-refractivity contribution in [3.63, 3.8) is 0 Å². The van der Waals surface area contributed by atoms with Crippen molar-refractivity contribution in [3.8, 4) is 0 Å². The van der Waals surface area contributed by atoms with Gasteiger partial charge in [0.05, 0.1) is 13.2 Å². The molecule has 0 radical (unpaired) electrons. The summed E-state index contributed by atoms with van der Waals surface area (Å²) in [5.74, 6) is -0.591. The van der Waals surface area contributed by atoms with Gasteiger partial charge in [0, 0.05) is 35.6 Å². The highest BCUT2D eigenvalue weighted by molar-refractivity contribution is 6.06. The molecule has 3 rings (SSSR count). The van der Waals surface area contributed by atoms with Crippen molar-refractivity contribution in [2.45, 2.75) is 6.92 Å². The molecule has 130 valence electrons. The molecule has 2 aromatic carbocycles. The number of anilines is 2. The van der Waals surface area contributed by atoms with Crippen molar-refractivity contribution in [1.29, 1.82) is 0 Å². The van der Waals surface area contributed by atoms with Crippen molar-refractivity contribution >= 4 is 23.4 Å². The van der Waals surface area contributed by atoms with E-state index in [1.807, 2.05) is 24.3 Å². The number of hydrogen-bond acceptors (Lipinski definition) is 3. The first-order valence-electron chi connectivity index (χ1n) is 8.30. The van der Waals surface area contributed by atoms with Crippen LogP contribution in [-0.2, 0) is 9.53 Å². The Morgan fingerprint density at radius 2 is 1.92 bits per heavy atom. The van der Waals surface area contributed by atoms with Gasteiger partial charge >= 0.3 is 0 Å². The number of rotatable bonds is 4. The number of carbonyl (C=O) groups excluding carboxylic acids is 1. The molecule has 1 fully saturated rings. The predicted molar refractivity (Wildman–Crippen MR) is 98.2 cm³/mol. The number of halogens is 1. The van der Waals surface area contributed by atoms with Crippen LogP contribution in [0.25, 0.3) is 6.08 Å². The maximum atomic E-state index is 13.7. The van der Waals surface area contributed by atoms with Crippen LogP contribution in [0.1, 0.15) is 12.5 Å². The monoisotopic (exact) mass is 340 g/mol. The lowest BCUT2D eigenvalue weighted by atomic mass is 10.1. The molecule has 0 atom stereocenters. The second-order valence-corrected chi connectivity index (χ2v) is 5.95. The number of nitrogens with one attached hydrogen (secondary N) is 1. The van der Waals surface area contributed by atoms with Crippen LogP contribution in [0, 0.1) is 5.82 Å². The second-order valence-electron chi connectivity index (χ2n) is 5.95. The summed E-state index contributed by atoms with van der Waals surface area (Å²) in [7, 11) is 0. The van der Waals surface area contributed by atoms with E-state index >= 15 is 0 Å². The van der Waals surface area contributed by atoms with Gasteiger partial charge in [-0.1, -0.05) is 24.3 Å². The molecule has 1 heterocycles. The van der Waals surface area contributed by atoms with Gasteiger partial charge in [-0.2, -0.15) is 0 Å². The maximum absolute atomic E-state index is 13.7. The third-order valence-electron chi connectivity index (χ3n) is 4.12. The first kappa shape index (κ1) is 17.2. The minimum absolute atomic E-state index is 0.248. The standard InChI is InChI=1S/C20H21FN2O2/c1-15(13-16-5-2-3-8-19(16)21)20(24)22-17-6-4-7-18(14-17)23-9-11-25-12-10-23/h2-8,13-14H,9-12H2,1H3,(H,22,24)/b15-13+. The van der Waals surface area contributed by atoms with Crippen LogP contribution < -0.4 is 10.2 Å². The smallest absolute Gasteiger partial charge is 0.251 e. The van der Waals surface area contributed by atoms with Gasteiger partial charge in [-0.3, -0.25) is 4.79 Å². The zero-order valence-corrected chi connectivity index (χ0v) is 14.2. The first-order chi connectivity index (χ1) is 12.1. The van der Waals surface area contributed by atoms with Gasteiger partial charge < -0.3 is 15.0 Å². The average Bonchev–Trinajstić information content (AvgIpc) is 2.64. The van der Waals surface area contributed by atoms with Gasteiger partial charge in [-0.05, 0) is 37.3 Å². The van der Waals surface area contributed by atoms with Crippen LogP contribution in [0.4, 0.5) is 15.8 Å². The summed E-state index contributed by atoms with van der Waals surface area (Å²) in [5.41, 5.74) is 2.62. The Kier molecular flexibility index (Phi) is 5.46. The molecule has 0 saturated carbocycles. The predicted octanol–water partition coefficient (Wildman–Crippen LogP) is 3.70. The molecular weight excluding hydrogens is 319 g/mol. The van der Waals surface area contributed by atoms with E-state index in [2.05, 4.69) is 10.2 Å². The van der Waals surface area contributed by atoms with E-state index in [1.165, 1.54) is 6.07 Å². The summed E-state index contributed by atoms with van der Waals surface area (Å²) in [4.78, 5) is 14.6. The Morgan fingerprint density at radius 1 is 1.16 bits per heavy atom. The highest BCUT2D eigenvalue weighted by Gasteiger charge is 2.12. The molecule has 0 aromatic heterocycles. The summed E-state index contributed by atoms with van der Waals surface area (Å²) in [5, 5.41) is 2.87. The number of hydrogen-bond donors (Lipinski definition) is 1. The molecule has 25 heavy (non-hydrogen) atoms. The number of amides is 1. The Hall–Kier alpha value is -2.66. The molecule has 1 saturated heterocycles. The van der Waals surface area contributed by atoms with Crippen molar-refractivity contribution < 1.29 is 13.9 Å². The number of nitrogens with zero attached hydrogens (tertiary/aromatic N) is 1. The van der Waals surface area contributed by atoms with E-state index < -0.39 is 0 Å². The molecule has 0 aliphatic carbocycles. The van der Waals surface area contributed by atoms with E-state index in [0.717, 1.165) is 24.5 Å². The van der Waals surface area contributed by atoms with Crippen molar-refractivity contribution in [2.24, 2.45) is 0 Å². The highest BCUT2D eigenvalue weighted by Crippen LogP contribution is 2.21. The van der Waals surface area contributed by atoms with Gasteiger partial charge in [-0.25, -0.2) is 4.39 Å². The third-order valence-corrected chi connectivity index (χ3v) is 4.12. The molecule has 2 aromatic rings. The lowest BCUT2D eigenvalue weighted by Crippen LogP contribution is -2.36. The summed E-state index contributed by atoms with van der Waals surface area (Å²) >= 11 is 0. The van der Waals surface area contributed by atoms with Crippen LogP contribution in [0.3, 0.4) is 0 Å². The van der Waals surface area contributed by atoms with E-state index in [0.29, 0.717) is 24.4 Å². The van der Waals surface area contributed by atoms with Crippen molar-refractivity contribution in [2.75, 3.05) is 36.5 Å². The van der Waals surface area contributed by atoms with Gasteiger partial charge in [0.1, 0.15) is 5.82 Å². The lowest BCUT2D eigenvalue weighted by Gasteiger charge is -2.29. The van der Waals surface area contributed by atoms with Gasteiger partial charge in [0.25, 0.3) is 5.91 Å². The normalized spacial score (nSPS) is 15.1. The maximum Gasteiger partial charge on any atom is 0.251 e. The molecule has 1 amide bonds. The largest absolute Gasteiger partial charge is 0.378 e. The van der Waals surface area contributed by atoms with E-state index in [1.54, 1.807) is 31.2 Å². The summed E-state index contributed by atoms with van der Waals surface area (Å²) in [6.45, 7) is 4.77. The summed E-state index contributed by atoms with van der Waals surface area (Å²) in [6, 6.07) is 14.1. The Bertz CT molecular complexity index is 783. The summed E-state index contributed by atoms with van der Waals surface area (Å²) in [6.07, 6.45) is 1.55. The fourth-order valence-corrected chi connectivity index (χ4v) is 2.72. The molecule has 5 heteroatoms. The van der Waals surface area contributed by atoms with Crippen LogP contribution in [0.5, 0.6) is 0 Å². The van der Waals surface area contributed by atoms with E-state index in [9.17, 15) is 9.18 Å². The molecule has 1 aliphatic rings. The molecule has 1 aliphatic heterocycles. The SMILES string of the molecule is C/C(=C\c1ccccc1F)C(=O)Nc1cccc(N2CCOCC2)c1. The van der Waals surface area contributed by atoms with Gasteiger partial charge in [0.2, 0.25) is 0 Å². The fourth-order valence-electron chi connectivity index (χ4n) is 2.72. The topological polar surface area (TPSA) is 41.6 Å². The van der Waals surface area contributed by atoms with Crippen LogP contribution in [0.2, 0.25) is 0 Å². The van der Waals surface area contributed by atoms with Crippen LogP contribution >= 0.6 is 0 Å². The number of benzene rings is 2. The zero-order valence-electron chi connectivity index (χ0n) is 14.2. The molecular formula is C20H21FN2O2. The molecule has 0 unspecified atom stereocenters.